The zero-order chi connectivity index (χ0) is 13.0. The zero-order valence-electron chi connectivity index (χ0n) is 11.1. The van der Waals surface area contributed by atoms with Crippen LogP contribution < -0.4 is 5.32 Å². The molecule has 3 nitrogen and oxygen atoms in total. The van der Waals surface area contributed by atoms with Gasteiger partial charge in [0.25, 0.3) is 0 Å². The molecule has 1 aliphatic rings. The van der Waals surface area contributed by atoms with Gasteiger partial charge in [-0.1, -0.05) is 19.3 Å². The van der Waals surface area contributed by atoms with Crippen LogP contribution in [0.5, 0.6) is 0 Å². The quantitative estimate of drug-likeness (QED) is 0.810. The first kappa shape index (κ1) is 12.9. The first-order chi connectivity index (χ1) is 8.69. The molecule has 1 aliphatic carbocycles. The van der Waals surface area contributed by atoms with E-state index in [9.17, 15) is 4.79 Å². The van der Waals surface area contributed by atoms with E-state index in [1.165, 1.54) is 32.8 Å². The van der Waals surface area contributed by atoms with E-state index < -0.39 is 0 Å². The van der Waals surface area contributed by atoms with E-state index in [1.54, 1.807) is 12.1 Å². The number of rotatable bonds is 5. The highest BCUT2D eigenvalue weighted by Crippen LogP contribution is 2.31. The summed E-state index contributed by atoms with van der Waals surface area (Å²) in [6.45, 7) is 2.21. The molecule has 1 unspecified atom stereocenters. The maximum absolute atomic E-state index is 11.3. The fourth-order valence-corrected chi connectivity index (χ4v) is 2.39. The van der Waals surface area contributed by atoms with E-state index in [0.29, 0.717) is 11.6 Å². The van der Waals surface area contributed by atoms with Gasteiger partial charge in [-0.3, -0.25) is 0 Å². The lowest BCUT2D eigenvalue weighted by Gasteiger charge is -2.28. The van der Waals surface area contributed by atoms with Crippen LogP contribution in [-0.4, -0.2) is 19.1 Å². The lowest BCUT2D eigenvalue weighted by atomic mass is 9.81. The molecule has 2 rings (SSSR count). The van der Waals surface area contributed by atoms with Crippen LogP contribution in [0.3, 0.4) is 0 Å². The Bertz CT molecular complexity index is 395. The summed E-state index contributed by atoms with van der Waals surface area (Å²) in [6, 6.07) is 7.95. The van der Waals surface area contributed by atoms with E-state index in [-0.39, 0.29) is 5.97 Å². The van der Waals surface area contributed by atoms with Gasteiger partial charge in [-0.2, -0.15) is 0 Å². The topological polar surface area (TPSA) is 38.3 Å². The van der Waals surface area contributed by atoms with Crippen molar-refractivity contribution < 1.29 is 9.53 Å². The SMILES string of the molecule is COC(=O)c1ccc(NC(C)CC2CCC2)cc1. The Hall–Kier alpha value is -1.51. The molecule has 3 heteroatoms. The second-order valence-electron chi connectivity index (χ2n) is 5.15. The molecular formula is C15H21NO2. The average Bonchev–Trinajstić information content (AvgIpc) is 2.34. The molecule has 0 radical (unpaired) electrons. The smallest absolute Gasteiger partial charge is 0.337 e. The van der Waals surface area contributed by atoms with Crippen LogP contribution in [0.15, 0.2) is 24.3 Å². The third-order valence-corrected chi connectivity index (χ3v) is 3.63. The van der Waals surface area contributed by atoms with Crippen LogP contribution >= 0.6 is 0 Å². The van der Waals surface area contributed by atoms with Crippen LogP contribution in [0, 0.1) is 5.92 Å². The predicted molar refractivity (Wildman–Crippen MR) is 72.8 cm³/mol. The molecule has 0 bridgehead atoms. The fraction of sp³-hybridized carbons (Fsp3) is 0.533. The molecule has 0 aliphatic heterocycles. The molecule has 18 heavy (non-hydrogen) atoms. The average molecular weight is 247 g/mol. The Labute approximate surface area is 109 Å². The molecule has 1 fully saturated rings. The number of nitrogens with one attached hydrogen (secondary N) is 1. The second kappa shape index (κ2) is 5.89. The lowest BCUT2D eigenvalue weighted by molar-refractivity contribution is 0.0601. The number of methoxy groups -OCH3 is 1. The first-order valence-electron chi connectivity index (χ1n) is 6.64. The van der Waals surface area contributed by atoms with Gasteiger partial charge in [0, 0.05) is 11.7 Å². The van der Waals surface area contributed by atoms with Crippen molar-refractivity contribution in [1.82, 2.24) is 0 Å². The molecule has 1 atom stereocenters. The van der Waals surface area contributed by atoms with Gasteiger partial charge in [-0.05, 0) is 43.5 Å². The summed E-state index contributed by atoms with van der Waals surface area (Å²) in [6.07, 6.45) is 5.39. The standard InChI is InChI=1S/C15H21NO2/c1-11(10-12-4-3-5-12)16-14-8-6-13(7-9-14)15(17)18-2/h6-9,11-12,16H,3-5,10H2,1-2H3. The highest BCUT2D eigenvalue weighted by molar-refractivity contribution is 5.89. The van der Waals surface area contributed by atoms with Crippen molar-refractivity contribution in [2.24, 2.45) is 5.92 Å². The molecule has 98 valence electrons. The molecular weight excluding hydrogens is 226 g/mol. The van der Waals surface area contributed by atoms with Gasteiger partial charge < -0.3 is 10.1 Å². The maximum atomic E-state index is 11.3. The van der Waals surface area contributed by atoms with E-state index >= 15 is 0 Å². The van der Waals surface area contributed by atoms with Crippen LogP contribution in [0.1, 0.15) is 43.0 Å². The summed E-state index contributed by atoms with van der Waals surface area (Å²) in [5.41, 5.74) is 1.66. The number of hydrogen-bond acceptors (Lipinski definition) is 3. The third-order valence-electron chi connectivity index (χ3n) is 3.63. The molecule has 0 spiro atoms. The zero-order valence-corrected chi connectivity index (χ0v) is 11.1. The van der Waals surface area contributed by atoms with E-state index in [4.69, 9.17) is 0 Å². The number of hydrogen-bond donors (Lipinski definition) is 1. The summed E-state index contributed by atoms with van der Waals surface area (Å²) in [7, 11) is 1.40. The number of carbonyl (C=O) groups excluding carboxylic acids is 1. The molecule has 1 aromatic carbocycles. The molecule has 0 aromatic heterocycles. The normalized spacial score (nSPS) is 16.8. The van der Waals surface area contributed by atoms with Crippen molar-refractivity contribution in [3.8, 4) is 0 Å². The van der Waals surface area contributed by atoms with Gasteiger partial charge in [0.05, 0.1) is 12.7 Å². The van der Waals surface area contributed by atoms with Gasteiger partial charge in [0.15, 0.2) is 0 Å². The highest BCUT2D eigenvalue weighted by Gasteiger charge is 2.19. The summed E-state index contributed by atoms with van der Waals surface area (Å²) < 4.78 is 4.67. The van der Waals surface area contributed by atoms with E-state index in [2.05, 4.69) is 17.0 Å². The maximum Gasteiger partial charge on any atom is 0.337 e. The van der Waals surface area contributed by atoms with Crippen LogP contribution in [0.4, 0.5) is 5.69 Å². The minimum atomic E-state index is -0.288. The first-order valence-corrected chi connectivity index (χ1v) is 6.64. The molecule has 0 saturated heterocycles. The largest absolute Gasteiger partial charge is 0.465 e. The van der Waals surface area contributed by atoms with Gasteiger partial charge in [-0.15, -0.1) is 0 Å². The van der Waals surface area contributed by atoms with E-state index in [1.807, 2.05) is 12.1 Å². The van der Waals surface area contributed by atoms with Crippen molar-refractivity contribution in [2.45, 2.75) is 38.6 Å². The molecule has 1 N–H and O–H groups in total. The Kier molecular flexibility index (Phi) is 4.24. The van der Waals surface area contributed by atoms with Gasteiger partial charge >= 0.3 is 5.97 Å². The van der Waals surface area contributed by atoms with E-state index in [0.717, 1.165) is 11.6 Å². The Morgan fingerprint density at radius 3 is 2.56 bits per heavy atom. The summed E-state index contributed by atoms with van der Waals surface area (Å²) in [5, 5.41) is 3.47. The van der Waals surface area contributed by atoms with Gasteiger partial charge in [0.2, 0.25) is 0 Å². The number of benzene rings is 1. The van der Waals surface area contributed by atoms with Gasteiger partial charge in [0.1, 0.15) is 0 Å². The van der Waals surface area contributed by atoms with Crippen molar-refractivity contribution >= 4 is 11.7 Å². The lowest BCUT2D eigenvalue weighted by Crippen LogP contribution is -2.23. The minimum absolute atomic E-state index is 0.288. The number of ether oxygens (including phenoxy) is 1. The summed E-state index contributed by atoms with van der Waals surface area (Å²) >= 11 is 0. The summed E-state index contributed by atoms with van der Waals surface area (Å²) in [5.74, 6) is 0.617. The van der Waals surface area contributed by atoms with Gasteiger partial charge in [-0.25, -0.2) is 4.79 Å². The Balaban J connectivity index is 1.86. The monoisotopic (exact) mass is 247 g/mol. The van der Waals surface area contributed by atoms with Crippen LogP contribution in [0.25, 0.3) is 0 Å². The number of carbonyl (C=O) groups is 1. The van der Waals surface area contributed by atoms with Crippen LogP contribution in [-0.2, 0) is 4.74 Å². The molecule has 0 heterocycles. The number of anilines is 1. The molecule has 0 amide bonds. The van der Waals surface area contributed by atoms with Crippen LogP contribution in [0.2, 0.25) is 0 Å². The van der Waals surface area contributed by atoms with Crippen molar-refractivity contribution in [3.63, 3.8) is 0 Å². The molecule has 1 saturated carbocycles. The van der Waals surface area contributed by atoms with Crippen molar-refractivity contribution in [3.05, 3.63) is 29.8 Å². The summed E-state index contributed by atoms with van der Waals surface area (Å²) in [4.78, 5) is 11.3. The highest BCUT2D eigenvalue weighted by atomic mass is 16.5. The number of esters is 1. The minimum Gasteiger partial charge on any atom is -0.465 e. The second-order valence-corrected chi connectivity index (χ2v) is 5.15. The molecule has 1 aromatic rings. The Morgan fingerprint density at radius 2 is 2.06 bits per heavy atom. The predicted octanol–water partition coefficient (Wildman–Crippen LogP) is 3.46. The van der Waals surface area contributed by atoms with Crippen molar-refractivity contribution in [2.75, 3.05) is 12.4 Å². The van der Waals surface area contributed by atoms with Crippen molar-refractivity contribution in [1.29, 1.82) is 0 Å². The Morgan fingerprint density at radius 1 is 1.39 bits per heavy atom. The fourth-order valence-electron chi connectivity index (χ4n) is 2.39. The third kappa shape index (κ3) is 3.25.